The molecule has 3 nitrogen and oxygen atoms in total. The van der Waals surface area contributed by atoms with E-state index in [4.69, 9.17) is 20.6 Å². The molecular formula is C21H36ClO3P. The van der Waals surface area contributed by atoms with Crippen molar-refractivity contribution in [1.82, 2.24) is 0 Å². The van der Waals surface area contributed by atoms with E-state index in [1.54, 1.807) is 24.3 Å². The van der Waals surface area contributed by atoms with Gasteiger partial charge in [-0.1, -0.05) is 83.2 Å². The van der Waals surface area contributed by atoms with Crippen LogP contribution in [0.4, 0.5) is 0 Å². The largest absolute Gasteiger partial charge is 0.424 e. The molecule has 0 aromatic heterocycles. The third kappa shape index (κ3) is 11.3. The number of hydrogen-bond acceptors (Lipinski definition) is 3. The normalized spacial score (nSPS) is 13.5. The molecule has 1 rings (SSSR count). The fraction of sp³-hybridized carbons (Fsp3) is 0.714. The molecule has 0 aliphatic heterocycles. The molecule has 0 aliphatic rings. The zero-order chi connectivity index (χ0) is 19.1. The highest BCUT2D eigenvalue weighted by Gasteiger charge is 2.25. The number of unbranched alkanes of at least 4 members (excludes halogenated alkanes) is 9. The highest BCUT2D eigenvalue weighted by atomic mass is 35.5. The van der Waals surface area contributed by atoms with Gasteiger partial charge in [0.1, 0.15) is 5.75 Å². The summed E-state index contributed by atoms with van der Waals surface area (Å²) in [6.45, 7) is 4.83. The van der Waals surface area contributed by atoms with E-state index in [-0.39, 0.29) is 0 Å². The maximum absolute atomic E-state index is 13.0. The van der Waals surface area contributed by atoms with Gasteiger partial charge in [0.25, 0.3) is 0 Å². The molecule has 0 saturated carbocycles. The van der Waals surface area contributed by atoms with Crippen LogP contribution in [0.5, 0.6) is 5.75 Å². The second-order valence-electron chi connectivity index (χ2n) is 6.89. The van der Waals surface area contributed by atoms with E-state index in [0.717, 1.165) is 25.7 Å². The molecule has 0 heterocycles. The number of hydrogen-bond donors (Lipinski definition) is 0. The first kappa shape index (κ1) is 23.5. The molecule has 26 heavy (non-hydrogen) atoms. The summed E-state index contributed by atoms with van der Waals surface area (Å²) in [7, 11) is -3.09. The van der Waals surface area contributed by atoms with Crippen LogP contribution in [0.1, 0.15) is 84.5 Å². The number of halogens is 1. The Morgan fingerprint density at radius 1 is 0.808 bits per heavy atom. The minimum Gasteiger partial charge on any atom is -0.424 e. The summed E-state index contributed by atoms with van der Waals surface area (Å²) in [5.74, 6) is 0.556. The minimum atomic E-state index is -3.09. The molecule has 150 valence electrons. The Bertz CT molecular complexity index is 504. The van der Waals surface area contributed by atoms with Crippen LogP contribution < -0.4 is 4.52 Å². The van der Waals surface area contributed by atoms with Gasteiger partial charge in [0.15, 0.2) is 0 Å². The van der Waals surface area contributed by atoms with E-state index in [2.05, 4.69) is 13.8 Å². The van der Waals surface area contributed by atoms with Crippen LogP contribution in [-0.2, 0) is 9.09 Å². The monoisotopic (exact) mass is 402 g/mol. The average Bonchev–Trinajstić information content (AvgIpc) is 2.64. The van der Waals surface area contributed by atoms with Crippen LogP contribution in [0.3, 0.4) is 0 Å². The van der Waals surface area contributed by atoms with Crippen molar-refractivity contribution in [3.63, 3.8) is 0 Å². The van der Waals surface area contributed by atoms with E-state index < -0.39 is 7.60 Å². The second-order valence-corrected chi connectivity index (χ2v) is 9.44. The van der Waals surface area contributed by atoms with Gasteiger partial charge in [-0.25, -0.2) is 4.57 Å². The summed E-state index contributed by atoms with van der Waals surface area (Å²) in [5, 5.41) is 0.636. The Labute approximate surface area is 165 Å². The Balaban J connectivity index is 2.26. The van der Waals surface area contributed by atoms with Crippen LogP contribution >= 0.6 is 19.2 Å². The molecule has 1 aromatic rings. The predicted molar refractivity (Wildman–Crippen MR) is 113 cm³/mol. The molecule has 5 heteroatoms. The van der Waals surface area contributed by atoms with Crippen molar-refractivity contribution in [3.05, 3.63) is 29.3 Å². The van der Waals surface area contributed by atoms with Crippen LogP contribution in [0.2, 0.25) is 5.02 Å². The van der Waals surface area contributed by atoms with Crippen molar-refractivity contribution >= 4 is 19.2 Å². The SMILES string of the molecule is CCCCCCCCCCCOP(=O)(CCCC)Oc1ccc(Cl)cc1. The molecule has 0 saturated heterocycles. The van der Waals surface area contributed by atoms with Gasteiger partial charge in [-0.15, -0.1) is 0 Å². The minimum absolute atomic E-state index is 0.462. The third-order valence-corrected chi connectivity index (χ3v) is 6.56. The lowest BCUT2D eigenvalue weighted by molar-refractivity contribution is 0.257. The van der Waals surface area contributed by atoms with Gasteiger partial charge >= 0.3 is 7.60 Å². The first-order valence-electron chi connectivity index (χ1n) is 10.3. The Morgan fingerprint density at radius 2 is 1.35 bits per heavy atom. The van der Waals surface area contributed by atoms with Crippen molar-refractivity contribution in [1.29, 1.82) is 0 Å². The van der Waals surface area contributed by atoms with Gasteiger partial charge in [0.05, 0.1) is 12.8 Å². The summed E-state index contributed by atoms with van der Waals surface area (Å²) < 4.78 is 24.4. The number of benzene rings is 1. The quantitative estimate of drug-likeness (QED) is 0.206. The Hall–Kier alpha value is -0.500. The summed E-state index contributed by atoms with van der Waals surface area (Å²) in [6, 6.07) is 6.95. The molecule has 0 bridgehead atoms. The Morgan fingerprint density at radius 3 is 1.92 bits per heavy atom. The topological polar surface area (TPSA) is 35.5 Å². The summed E-state index contributed by atoms with van der Waals surface area (Å²) in [4.78, 5) is 0. The summed E-state index contributed by atoms with van der Waals surface area (Å²) >= 11 is 5.89. The third-order valence-electron chi connectivity index (χ3n) is 4.38. The zero-order valence-electron chi connectivity index (χ0n) is 16.6. The molecule has 0 fully saturated rings. The second kappa shape index (κ2) is 14.5. The van der Waals surface area contributed by atoms with Gasteiger partial charge < -0.3 is 4.52 Å². The summed E-state index contributed by atoms with van der Waals surface area (Å²) in [5.41, 5.74) is 0. The molecule has 0 aliphatic carbocycles. The molecule has 0 amide bonds. The van der Waals surface area contributed by atoms with E-state index in [9.17, 15) is 4.57 Å². The fourth-order valence-electron chi connectivity index (χ4n) is 2.76. The lowest BCUT2D eigenvalue weighted by Crippen LogP contribution is -2.04. The van der Waals surface area contributed by atoms with Crippen molar-refractivity contribution in [2.45, 2.75) is 84.5 Å². The van der Waals surface area contributed by atoms with E-state index >= 15 is 0 Å². The highest BCUT2D eigenvalue weighted by Crippen LogP contribution is 2.49. The van der Waals surface area contributed by atoms with E-state index in [1.165, 1.54) is 44.9 Å². The van der Waals surface area contributed by atoms with Crippen LogP contribution in [0.15, 0.2) is 24.3 Å². The standard InChI is InChI=1S/C21H36ClO3P/c1-3-5-7-8-9-10-11-12-13-18-24-26(23,19-6-4-2)25-21-16-14-20(22)15-17-21/h14-17H,3-13,18-19H2,1-2H3. The Kier molecular flexibility index (Phi) is 13.2. The van der Waals surface area contributed by atoms with E-state index in [0.29, 0.717) is 23.5 Å². The van der Waals surface area contributed by atoms with Crippen LogP contribution in [0, 0.1) is 0 Å². The maximum Gasteiger partial charge on any atom is 0.379 e. The predicted octanol–water partition coefficient (Wildman–Crippen LogP) is 8.26. The van der Waals surface area contributed by atoms with Crippen molar-refractivity contribution in [3.8, 4) is 5.75 Å². The zero-order valence-corrected chi connectivity index (χ0v) is 18.2. The maximum atomic E-state index is 13.0. The molecular weight excluding hydrogens is 367 g/mol. The number of rotatable bonds is 16. The molecule has 1 atom stereocenters. The van der Waals surface area contributed by atoms with E-state index in [1.807, 2.05) is 0 Å². The average molecular weight is 403 g/mol. The van der Waals surface area contributed by atoms with Gasteiger partial charge in [0, 0.05) is 5.02 Å². The smallest absolute Gasteiger partial charge is 0.379 e. The highest BCUT2D eigenvalue weighted by molar-refractivity contribution is 7.54. The molecule has 0 spiro atoms. The molecule has 0 N–H and O–H groups in total. The lowest BCUT2D eigenvalue weighted by Gasteiger charge is -2.19. The van der Waals surface area contributed by atoms with Gasteiger partial charge in [0.2, 0.25) is 0 Å². The molecule has 0 radical (unpaired) electrons. The molecule has 1 unspecified atom stereocenters. The first-order valence-corrected chi connectivity index (χ1v) is 12.4. The first-order chi connectivity index (χ1) is 12.6. The lowest BCUT2D eigenvalue weighted by atomic mass is 10.1. The van der Waals surface area contributed by atoms with Crippen molar-refractivity contribution in [2.75, 3.05) is 12.8 Å². The van der Waals surface area contributed by atoms with Gasteiger partial charge in [-0.2, -0.15) is 0 Å². The summed E-state index contributed by atoms with van der Waals surface area (Å²) in [6.07, 6.45) is 13.6. The van der Waals surface area contributed by atoms with Gasteiger partial charge in [-0.05, 0) is 37.1 Å². The fourth-order valence-corrected chi connectivity index (χ4v) is 4.71. The van der Waals surface area contributed by atoms with Crippen LogP contribution in [0.25, 0.3) is 0 Å². The molecule has 1 aromatic carbocycles. The van der Waals surface area contributed by atoms with Gasteiger partial charge in [-0.3, -0.25) is 4.52 Å². The van der Waals surface area contributed by atoms with Crippen LogP contribution in [-0.4, -0.2) is 12.8 Å². The van der Waals surface area contributed by atoms with Crippen molar-refractivity contribution in [2.24, 2.45) is 0 Å². The van der Waals surface area contributed by atoms with Crippen molar-refractivity contribution < 1.29 is 13.6 Å².